The lowest BCUT2D eigenvalue weighted by atomic mass is 9.91. The molecule has 5 heteroatoms. The van der Waals surface area contributed by atoms with Crippen molar-refractivity contribution in [1.29, 1.82) is 0 Å². The van der Waals surface area contributed by atoms with E-state index in [1.807, 2.05) is 4.90 Å². The number of imidazole rings is 1. The van der Waals surface area contributed by atoms with Crippen LogP contribution < -0.4 is 0 Å². The highest BCUT2D eigenvalue weighted by atomic mass is 19.1. The second kappa shape index (κ2) is 5.47. The van der Waals surface area contributed by atoms with Gasteiger partial charge >= 0.3 is 0 Å². The van der Waals surface area contributed by atoms with Crippen LogP contribution in [0.5, 0.6) is 0 Å². The van der Waals surface area contributed by atoms with Crippen LogP contribution in [0.25, 0.3) is 5.65 Å². The van der Waals surface area contributed by atoms with Gasteiger partial charge in [-0.05, 0) is 30.4 Å². The van der Waals surface area contributed by atoms with Crippen LogP contribution in [0.3, 0.4) is 0 Å². The Hall–Kier alpha value is -1.91. The Balaban J connectivity index is 1.73. The van der Waals surface area contributed by atoms with Gasteiger partial charge in [0, 0.05) is 25.5 Å². The van der Waals surface area contributed by atoms with Gasteiger partial charge in [0.2, 0.25) is 5.91 Å². The van der Waals surface area contributed by atoms with Gasteiger partial charge < -0.3 is 9.30 Å². The van der Waals surface area contributed by atoms with Crippen molar-refractivity contribution in [1.82, 2.24) is 14.3 Å². The number of pyridine rings is 1. The molecule has 0 saturated carbocycles. The summed E-state index contributed by atoms with van der Waals surface area (Å²) >= 11 is 0. The van der Waals surface area contributed by atoms with Crippen molar-refractivity contribution in [3.8, 4) is 0 Å². The number of hydrogen-bond donors (Lipinski definition) is 0. The Morgan fingerprint density at radius 3 is 2.71 bits per heavy atom. The van der Waals surface area contributed by atoms with E-state index in [9.17, 15) is 9.18 Å². The molecule has 3 rings (SSSR count). The molecule has 1 aliphatic rings. The number of carbonyl (C=O) groups excluding carboxylic acids is 1. The van der Waals surface area contributed by atoms with Gasteiger partial charge in [-0.2, -0.15) is 0 Å². The normalized spacial score (nSPS) is 22.7. The summed E-state index contributed by atoms with van der Waals surface area (Å²) in [6.45, 7) is 6.02. The molecular formula is C16H20FN3O. The van der Waals surface area contributed by atoms with Crippen LogP contribution in [-0.2, 0) is 11.2 Å². The molecule has 112 valence electrons. The zero-order chi connectivity index (χ0) is 15.0. The van der Waals surface area contributed by atoms with Gasteiger partial charge in [0.15, 0.2) is 0 Å². The fraction of sp³-hybridized carbons (Fsp3) is 0.500. The molecule has 0 N–H and O–H groups in total. The minimum atomic E-state index is -0.309. The van der Waals surface area contributed by atoms with Crippen LogP contribution in [0, 0.1) is 17.7 Å². The Kier molecular flexibility index (Phi) is 3.66. The molecule has 0 bridgehead atoms. The van der Waals surface area contributed by atoms with E-state index in [2.05, 4.69) is 18.8 Å². The summed E-state index contributed by atoms with van der Waals surface area (Å²) in [5.41, 5.74) is 1.36. The number of rotatable bonds is 2. The zero-order valence-electron chi connectivity index (χ0n) is 12.4. The van der Waals surface area contributed by atoms with Gasteiger partial charge in [-0.15, -0.1) is 0 Å². The number of amides is 1. The molecule has 0 radical (unpaired) electrons. The second-order valence-corrected chi connectivity index (χ2v) is 6.27. The molecular weight excluding hydrogens is 269 g/mol. The topological polar surface area (TPSA) is 37.6 Å². The van der Waals surface area contributed by atoms with Crippen molar-refractivity contribution in [3.63, 3.8) is 0 Å². The first-order valence-electron chi connectivity index (χ1n) is 7.42. The molecule has 2 unspecified atom stereocenters. The summed E-state index contributed by atoms with van der Waals surface area (Å²) in [4.78, 5) is 18.7. The van der Waals surface area contributed by atoms with Crippen LogP contribution in [0.2, 0.25) is 0 Å². The van der Waals surface area contributed by atoms with Crippen molar-refractivity contribution in [3.05, 3.63) is 36.0 Å². The molecule has 2 aromatic heterocycles. The van der Waals surface area contributed by atoms with Gasteiger partial charge in [-0.25, -0.2) is 9.37 Å². The predicted molar refractivity (Wildman–Crippen MR) is 78.4 cm³/mol. The van der Waals surface area contributed by atoms with Gasteiger partial charge in [0.05, 0.1) is 12.1 Å². The van der Waals surface area contributed by atoms with Crippen LogP contribution in [0.1, 0.15) is 26.0 Å². The number of carbonyl (C=O) groups is 1. The molecule has 1 aliphatic heterocycles. The Morgan fingerprint density at radius 2 is 2.00 bits per heavy atom. The molecule has 1 amide bonds. The minimum Gasteiger partial charge on any atom is -0.342 e. The molecule has 0 aromatic carbocycles. The monoisotopic (exact) mass is 289 g/mol. The predicted octanol–water partition coefficient (Wildman–Crippen LogP) is 2.52. The summed E-state index contributed by atoms with van der Waals surface area (Å²) < 4.78 is 14.8. The van der Waals surface area contributed by atoms with E-state index in [-0.39, 0.29) is 18.1 Å². The number of hydrogen-bond acceptors (Lipinski definition) is 2. The molecule has 4 nitrogen and oxygen atoms in total. The summed E-state index contributed by atoms with van der Waals surface area (Å²) in [7, 11) is 0. The molecule has 1 fully saturated rings. The first kappa shape index (κ1) is 14.0. The lowest BCUT2D eigenvalue weighted by Gasteiger charge is -2.35. The Morgan fingerprint density at radius 1 is 1.29 bits per heavy atom. The number of aromatic nitrogens is 2. The lowest BCUT2D eigenvalue weighted by molar-refractivity contribution is -0.133. The molecule has 2 aromatic rings. The van der Waals surface area contributed by atoms with E-state index in [4.69, 9.17) is 0 Å². The van der Waals surface area contributed by atoms with Gasteiger partial charge in [0.1, 0.15) is 11.5 Å². The average molecular weight is 289 g/mol. The smallest absolute Gasteiger partial charge is 0.228 e. The van der Waals surface area contributed by atoms with Crippen molar-refractivity contribution >= 4 is 11.6 Å². The van der Waals surface area contributed by atoms with Crippen LogP contribution in [0.4, 0.5) is 4.39 Å². The third-order valence-electron chi connectivity index (χ3n) is 4.02. The maximum atomic E-state index is 13.2. The highest BCUT2D eigenvalue weighted by Crippen LogP contribution is 2.21. The molecule has 0 spiro atoms. The van der Waals surface area contributed by atoms with E-state index < -0.39 is 0 Å². The third kappa shape index (κ3) is 3.06. The second-order valence-electron chi connectivity index (χ2n) is 6.27. The largest absolute Gasteiger partial charge is 0.342 e. The van der Waals surface area contributed by atoms with Crippen molar-refractivity contribution in [2.24, 2.45) is 11.8 Å². The maximum Gasteiger partial charge on any atom is 0.228 e. The highest BCUT2D eigenvalue weighted by Gasteiger charge is 2.25. The molecule has 0 aliphatic carbocycles. The van der Waals surface area contributed by atoms with Crippen LogP contribution >= 0.6 is 0 Å². The zero-order valence-corrected chi connectivity index (χ0v) is 12.4. The first-order chi connectivity index (χ1) is 10.0. The molecule has 21 heavy (non-hydrogen) atoms. The van der Waals surface area contributed by atoms with Crippen LogP contribution in [0.15, 0.2) is 24.5 Å². The first-order valence-corrected chi connectivity index (χ1v) is 7.42. The summed E-state index contributed by atoms with van der Waals surface area (Å²) in [6, 6.07) is 3.00. The fourth-order valence-corrected chi connectivity index (χ4v) is 3.24. The lowest BCUT2D eigenvalue weighted by Crippen LogP contribution is -2.43. The van der Waals surface area contributed by atoms with Gasteiger partial charge in [-0.1, -0.05) is 13.8 Å². The highest BCUT2D eigenvalue weighted by molar-refractivity contribution is 5.78. The maximum absolute atomic E-state index is 13.2. The molecule has 1 saturated heterocycles. The summed E-state index contributed by atoms with van der Waals surface area (Å²) in [6.07, 6.45) is 4.56. The Bertz CT molecular complexity index is 657. The number of nitrogens with zero attached hydrogens (tertiary/aromatic N) is 3. The average Bonchev–Trinajstić information content (AvgIpc) is 2.78. The van der Waals surface area contributed by atoms with Crippen LogP contribution in [-0.4, -0.2) is 33.3 Å². The number of fused-ring (bicyclic) bond motifs is 1. The van der Waals surface area contributed by atoms with Crippen molar-refractivity contribution in [2.45, 2.75) is 26.7 Å². The quantitative estimate of drug-likeness (QED) is 0.852. The van der Waals surface area contributed by atoms with E-state index >= 15 is 0 Å². The minimum absolute atomic E-state index is 0.109. The SMILES string of the molecule is CC1CC(C)CN(C(=O)Cc2cn3cc(F)ccc3n2)C1. The number of piperidine rings is 1. The Labute approximate surface area is 123 Å². The van der Waals surface area contributed by atoms with Crippen molar-refractivity contribution in [2.75, 3.05) is 13.1 Å². The summed E-state index contributed by atoms with van der Waals surface area (Å²) in [5.74, 6) is 0.898. The van der Waals surface area contributed by atoms with E-state index in [1.165, 1.54) is 18.7 Å². The number of halogens is 1. The number of likely N-dealkylation sites (tertiary alicyclic amines) is 1. The molecule has 2 atom stereocenters. The van der Waals surface area contributed by atoms with E-state index in [0.717, 1.165) is 13.1 Å². The van der Waals surface area contributed by atoms with E-state index in [0.29, 0.717) is 23.2 Å². The third-order valence-corrected chi connectivity index (χ3v) is 4.02. The van der Waals surface area contributed by atoms with E-state index in [1.54, 1.807) is 16.7 Å². The van der Waals surface area contributed by atoms with Gasteiger partial charge in [0.25, 0.3) is 0 Å². The fourth-order valence-electron chi connectivity index (χ4n) is 3.24. The standard InChI is InChI=1S/C16H20FN3O/c1-11-5-12(2)8-20(7-11)16(21)6-14-10-19-9-13(17)3-4-15(19)18-14/h3-4,9-12H,5-8H2,1-2H3. The summed E-state index contributed by atoms with van der Waals surface area (Å²) in [5, 5.41) is 0. The molecule has 3 heterocycles. The van der Waals surface area contributed by atoms with Crippen molar-refractivity contribution < 1.29 is 9.18 Å². The van der Waals surface area contributed by atoms with Gasteiger partial charge in [-0.3, -0.25) is 4.79 Å².